The van der Waals surface area contributed by atoms with Gasteiger partial charge in [-0.15, -0.1) is 0 Å². The average molecular weight is 277 g/mol. The van der Waals surface area contributed by atoms with E-state index in [1.165, 1.54) is 6.07 Å². The van der Waals surface area contributed by atoms with Gasteiger partial charge in [0.2, 0.25) is 0 Å². The topological polar surface area (TPSA) is 86.6 Å². The molecule has 1 amide bonds. The monoisotopic (exact) mass is 277 g/mol. The van der Waals surface area contributed by atoms with Crippen molar-refractivity contribution in [3.8, 4) is 5.75 Å². The van der Waals surface area contributed by atoms with Crippen LogP contribution in [0.4, 0.5) is 0 Å². The van der Waals surface area contributed by atoms with Crippen LogP contribution in [-0.4, -0.2) is 27.6 Å². The number of carboxylic acids is 1. The van der Waals surface area contributed by atoms with Crippen molar-refractivity contribution in [3.63, 3.8) is 0 Å². The number of aliphatic carboxylic acids is 1. The van der Waals surface area contributed by atoms with Gasteiger partial charge in [0.25, 0.3) is 5.91 Å². The normalized spacial score (nSPS) is 16.9. The van der Waals surface area contributed by atoms with Crippen molar-refractivity contribution >= 4 is 11.9 Å². The van der Waals surface area contributed by atoms with Gasteiger partial charge in [0, 0.05) is 11.1 Å². The average Bonchev–Trinajstić information content (AvgIpc) is 2.79. The van der Waals surface area contributed by atoms with Crippen LogP contribution in [0.1, 0.15) is 48.0 Å². The molecule has 0 heterocycles. The molecular weight excluding hydrogens is 258 g/mol. The zero-order valence-electron chi connectivity index (χ0n) is 11.5. The lowest BCUT2D eigenvalue weighted by Crippen LogP contribution is -2.48. The second kappa shape index (κ2) is 5.53. The van der Waals surface area contributed by atoms with E-state index in [1.54, 1.807) is 19.1 Å². The van der Waals surface area contributed by atoms with Gasteiger partial charge in [-0.05, 0) is 31.9 Å². The van der Waals surface area contributed by atoms with E-state index in [-0.39, 0.29) is 18.1 Å². The van der Waals surface area contributed by atoms with Crippen LogP contribution >= 0.6 is 0 Å². The van der Waals surface area contributed by atoms with Crippen molar-refractivity contribution in [2.24, 2.45) is 0 Å². The second-order valence-electron chi connectivity index (χ2n) is 5.46. The number of amides is 1. The molecule has 1 saturated carbocycles. The molecule has 0 spiro atoms. The molecule has 1 aliphatic rings. The maximum Gasteiger partial charge on any atom is 0.305 e. The third-order valence-corrected chi connectivity index (χ3v) is 3.98. The van der Waals surface area contributed by atoms with Crippen molar-refractivity contribution in [1.29, 1.82) is 0 Å². The number of phenols is 1. The van der Waals surface area contributed by atoms with Crippen LogP contribution < -0.4 is 5.32 Å². The Labute approximate surface area is 117 Å². The minimum atomic E-state index is -0.903. The summed E-state index contributed by atoms with van der Waals surface area (Å²) in [4.78, 5) is 23.4. The number of nitrogens with one attached hydrogen (secondary N) is 1. The fourth-order valence-corrected chi connectivity index (χ4v) is 2.86. The highest BCUT2D eigenvalue weighted by molar-refractivity contribution is 5.97. The van der Waals surface area contributed by atoms with E-state index in [9.17, 15) is 14.7 Å². The molecule has 0 radical (unpaired) electrons. The first-order valence-corrected chi connectivity index (χ1v) is 6.76. The largest absolute Gasteiger partial charge is 0.508 e. The second-order valence-corrected chi connectivity index (χ2v) is 5.46. The van der Waals surface area contributed by atoms with E-state index in [2.05, 4.69) is 5.32 Å². The van der Waals surface area contributed by atoms with E-state index in [0.717, 1.165) is 12.8 Å². The molecule has 1 aromatic rings. The molecule has 5 heteroatoms. The number of carbonyl (C=O) groups is 2. The first-order chi connectivity index (χ1) is 9.43. The zero-order chi connectivity index (χ0) is 14.8. The van der Waals surface area contributed by atoms with Gasteiger partial charge in [0.15, 0.2) is 0 Å². The molecule has 3 N–H and O–H groups in total. The molecule has 5 nitrogen and oxygen atoms in total. The zero-order valence-corrected chi connectivity index (χ0v) is 11.5. The number of hydrogen-bond acceptors (Lipinski definition) is 3. The van der Waals surface area contributed by atoms with Gasteiger partial charge in [0.1, 0.15) is 5.75 Å². The third-order valence-electron chi connectivity index (χ3n) is 3.98. The van der Waals surface area contributed by atoms with Crippen molar-refractivity contribution in [2.75, 3.05) is 0 Å². The molecule has 0 aromatic heterocycles. The third kappa shape index (κ3) is 2.92. The van der Waals surface area contributed by atoms with Crippen molar-refractivity contribution < 1.29 is 19.8 Å². The Balaban J connectivity index is 2.20. The summed E-state index contributed by atoms with van der Waals surface area (Å²) in [6, 6.07) is 4.76. The number of rotatable bonds is 4. The van der Waals surface area contributed by atoms with Crippen LogP contribution in [0.25, 0.3) is 0 Å². The predicted molar refractivity (Wildman–Crippen MR) is 73.8 cm³/mol. The highest BCUT2D eigenvalue weighted by Crippen LogP contribution is 2.33. The lowest BCUT2D eigenvalue weighted by molar-refractivity contribution is -0.138. The molecule has 108 valence electrons. The Morgan fingerprint density at radius 2 is 1.95 bits per heavy atom. The minimum Gasteiger partial charge on any atom is -0.508 e. The van der Waals surface area contributed by atoms with Crippen LogP contribution in [0.15, 0.2) is 18.2 Å². The molecule has 0 bridgehead atoms. The summed E-state index contributed by atoms with van der Waals surface area (Å²) >= 11 is 0. The molecule has 1 aromatic carbocycles. The quantitative estimate of drug-likeness (QED) is 0.787. The summed E-state index contributed by atoms with van der Waals surface area (Å²) < 4.78 is 0. The minimum absolute atomic E-state index is 0.0589. The van der Waals surface area contributed by atoms with Gasteiger partial charge in [-0.3, -0.25) is 9.59 Å². The Morgan fingerprint density at radius 3 is 2.55 bits per heavy atom. The van der Waals surface area contributed by atoms with E-state index in [4.69, 9.17) is 5.11 Å². The fraction of sp³-hybridized carbons (Fsp3) is 0.467. The summed E-state index contributed by atoms with van der Waals surface area (Å²) in [6.07, 6.45) is 3.15. The predicted octanol–water partition coefficient (Wildman–Crippen LogP) is 2.22. The first kappa shape index (κ1) is 14.4. The van der Waals surface area contributed by atoms with E-state index in [1.807, 2.05) is 0 Å². The molecule has 20 heavy (non-hydrogen) atoms. The molecule has 0 unspecified atom stereocenters. The molecular formula is C15H19NO4. The summed E-state index contributed by atoms with van der Waals surface area (Å²) in [5.41, 5.74) is 0.246. The van der Waals surface area contributed by atoms with Gasteiger partial charge in [-0.1, -0.05) is 18.9 Å². The smallest absolute Gasteiger partial charge is 0.305 e. The van der Waals surface area contributed by atoms with Gasteiger partial charge < -0.3 is 15.5 Å². The van der Waals surface area contributed by atoms with Crippen LogP contribution in [-0.2, 0) is 4.79 Å². The van der Waals surface area contributed by atoms with Crippen molar-refractivity contribution in [2.45, 2.75) is 44.6 Å². The van der Waals surface area contributed by atoms with Crippen LogP contribution in [0.2, 0.25) is 0 Å². The van der Waals surface area contributed by atoms with Crippen LogP contribution in [0.5, 0.6) is 5.75 Å². The lowest BCUT2D eigenvalue weighted by Gasteiger charge is -2.29. The lowest BCUT2D eigenvalue weighted by atomic mass is 9.92. The molecule has 0 aliphatic heterocycles. The first-order valence-electron chi connectivity index (χ1n) is 6.76. The van der Waals surface area contributed by atoms with Crippen LogP contribution in [0, 0.1) is 6.92 Å². The van der Waals surface area contributed by atoms with Gasteiger partial charge in [0.05, 0.1) is 12.0 Å². The van der Waals surface area contributed by atoms with Gasteiger partial charge in [-0.25, -0.2) is 0 Å². The van der Waals surface area contributed by atoms with Gasteiger partial charge >= 0.3 is 5.97 Å². The maximum atomic E-state index is 12.3. The Bertz CT molecular complexity index is 533. The van der Waals surface area contributed by atoms with Crippen LogP contribution in [0.3, 0.4) is 0 Å². The Morgan fingerprint density at radius 1 is 1.30 bits per heavy atom. The molecule has 0 saturated heterocycles. The number of aromatic hydroxyl groups is 1. The number of carbonyl (C=O) groups excluding carboxylic acids is 1. The van der Waals surface area contributed by atoms with E-state index < -0.39 is 11.5 Å². The highest BCUT2D eigenvalue weighted by Gasteiger charge is 2.37. The maximum absolute atomic E-state index is 12.3. The summed E-state index contributed by atoms with van der Waals surface area (Å²) in [7, 11) is 0. The molecule has 0 atom stereocenters. The van der Waals surface area contributed by atoms with E-state index in [0.29, 0.717) is 24.0 Å². The Kier molecular flexibility index (Phi) is 3.97. The SMILES string of the molecule is Cc1c(O)cccc1C(=O)NC1(CC(=O)O)CCCC1. The van der Waals surface area contributed by atoms with Gasteiger partial charge in [-0.2, -0.15) is 0 Å². The summed E-state index contributed by atoms with van der Waals surface area (Å²) in [5.74, 6) is -1.15. The Hall–Kier alpha value is -2.04. The fourth-order valence-electron chi connectivity index (χ4n) is 2.86. The molecule has 1 fully saturated rings. The summed E-state index contributed by atoms with van der Waals surface area (Å²) in [5, 5.41) is 21.6. The molecule has 1 aliphatic carbocycles. The van der Waals surface area contributed by atoms with Crippen molar-refractivity contribution in [1.82, 2.24) is 5.32 Å². The molecule has 2 rings (SSSR count). The van der Waals surface area contributed by atoms with E-state index >= 15 is 0 Å². The standard InChI is InChI=1S/C15H19NO4/c1-10-11(5-4-6-12(10)17)14(20)16-15(9-13(18)19)7-2-3-8-15/h4-6,17H,2-3,7-9H2,1H3,(H,16,20)(H,18,19). The number of phenolic OH excluding ortho intramolecular Hbond substituents is 1. The number of carboxylic acid groups (broad SMARTS) is 1. The summed E-state index contributed by atoms with van der Waals surface area (Å²) in [6.45, 7) is 1.67. The number of hydrogen-bond donors (Lipinski definition) is 3. The number of benzene rings is 1. The highest BCUT2D eigenvalue weighted by atomic mass is 16.4. The van der Waals surface area contributed by atoms with Crippen molar-refractivity contribution in [3.05, 3.63) is 29.3 Å².